The second kappa shape index (κ2) is 29.3. The standard InChI is InChI=1S/C34H52ClN7O8S2.2H2O/c1-25(43)38-28(24-52-34-39-29-30(40-33(36)41-32(29)45)42(34)23-26-7-9-27(51-2)10-8-26)31(44)37-12-14-47-16-18-49-20-22-50-21-19-48-17-15-46-13-6-4-3-5-11-35;;/h7-10,28H,3-6,11-24H2,1-2H3,(H,37,44)(H,38,43)(H3,36,40,41,45);2*1H2/t28-;;/m0../s1. The summed E-state index contributed by atoms with van der Waals surface area (Å²) in [6.07, 6.45) is 6.39. The van der Waals surface area contributed by atoms with Crippen LogP contribution in [0.1, 0.15) is 38.2 Å². The summed E-state index contributed by atoms with van der Waals surface area (Å²) in [6, 6.07) is 7.14. The van der Waals surface area contributed by atoms with Crippen molar-refractivity contribution in [3.05, 3.63) is 40.2 Å². The Balaban J connectivity index is 0.00000729. The summed E-state index contributed by atoms with van der Waals surface area (Å²) < 4.78 is 29.4. The molecule has 0 fully saturated rings. The van der Waals surface area contributed by atoms with Gasteiger partial charge in [0.25, 0.3) is 5.56 Å². The molecule has 0 aliphatic heterocycles. The van der Waals surface area contributed by atoms with Gasteiger partial charge in [-0.2, -0.15) is 4.98 Å². The minimum absolute atomic E-state index is 0. The van der Waals surface area contributed by atoms with Crippen LogP contribution in [0, 0.1) is 0 Å². The number of aromatic amines is 1. The van der Waals surface area contributed by atoms with Gasteiger partial charge < -0.3 is 51.0 Å². The van der Waals surface area contributed by atoms with Crippen molar-refractivity contribution in [3.63, 3.8) is 0 Å². The number of thioether (sulfide) groups is 2. The number of anilines is 1. The van der Waals surface area contributed by atoms with Crippen molar-refractivity contribution in [1.29, 1.82) is 0 Å². The number of nitrogens with zero attached hydrogens (tertiary/aromatic N) is 3. The van der Waals surface area contributed by atoms with Gasteiger partial charge in [0.2, 0.25) is 17.8 Å². The molecule has 306 valence electrons. The molecule has 0 bridgehead atoms. The predicted molar refractivity (Wildman–Crippen MR) is 212 cm³/mol. The first kappa shape index (κ1) is 49.0. The average Bonchev–Trinajstić information content (AvgIpc) is 3.47. The van der Waals surface area contributed by atoms with Crippen LogP contribution in [0.25, 0.3) is 11.2 Å². The lowest BCUT2D eigenvalue weighted by molar-refractivity contribution is -0.127. The molecule has 0 saturated heterocycles. The molecule has 0 unspecified atom stereocenters. The highest BCUT2D eigenvalue weighted by atomic mass is 35.5. The number of imidazole rings is 1. The van der Waals surface area contributed by atoms with Crippen LogP contribution in [-0.2, 0) is 39.8 Å². The van der Waals surface area contributed by atoms with Crippen molar-refractivity contribution in [2.24, 2.45) is 0 Å². The number of carbonyl (C=O) groups excluding carboxylic acids is 2. The van der Waals surface area contributed by atoms with E-state index >= 15 is 0 Å². The summed E-state index contributed by atoms with van der Waals surface area (Å²) in [4.78, 5) is 50.1. The number of fused-ring (bicyclic) bond motifs is 1. The molecule has 1 aromatic carbocycles. The quantitative estimate of drug-likeness (QED) is 0.0440. The van der Waals surface area contributed by atoms with Gasteiger partial charge in [0.15, 0.2) is 16.3 Å². The Morgan fingerprint density at radius 1 is 0.870 bits per heavy atom. The molecule has 17 nitrogen and oxygen atoms in total. The van der Waals surface area contributed by atoms with Crippen LogP contribution >= 0.6 is 35.1 Å². The van der Waals surface area contributed by atoms with Crippen molar-refractivity contribution in [2.75, 3.05) is 96.2 Å². The average molecular weight is 822 g/mol. The SMILES string of the molecule is CSc1ccc(Cn2c(SC[C@H](NC(C)=O)C(=O)NCCOCCOCCOCCOCCOCCCCCCCl)nc3c(=O)[nH]c(N)nc32)cc1.O.O. The highest BCUT2D eigenvalue weighted by molar-refractivity contribution is 7.99. The third-order valence-corrected chi connectivity index (χ3v) is 9.45. The van der Waals surface area contributed by atoms with Gasteiger partial charge in [0.1, 0.15) is 6.04 Å². The summed E-state index contributed by atoms with van der Waals surface area (Å²) in [5.74, 6) is 0.117. The number of nitrogens with one attached hydrogen (secondary N) is 3. The summed E-state index contributed by atoms with van der Waals surface area (Å²) in [6.45, 7) is 6.69. The van der Waals surface area contributed by atoms with E-state index in [2.05, 4.69) is 25.6 Å². The van der Waals surface area contributed by atoms with Gasteiger partial charge in [0.05, 0.1) is 66.0 Å². The molecular weight excluding hydrogens is 766 g/mol. The van der Waals surface area contributed by atoms with Crippen molar-refractivity contribution in [1.82, 2.24) is 30.2 Å². The van der Waals surface area contributed by atoms with E-state index in [1.165, 1.54) is 18.7 Å². The number of ether oxygens (including phenoxy) is 5. The zero-order valence-electron chi connectivity index (χ0n) is 31.0. The van der Waals surface area contributed by atoms with Gasteiger partial charge in [-0.05, 0) is 36.8 Å². The minimum atomic E-state index is -0.864. The number of carbonyl (C=O) groups is 2. The first-order valence-electron chi connectivity index (χ1n) is 17.3. The van der Waals surface area contributed by atoms with E-state index < -0.39 is 11.6 Å². The molecule has 2 amide bonds. The van der Waals surface area contributed by atoms with E-state index in [1.54, 1.807) is 16.3 Å². The van der Waals surface area contributed by atoms with E-state index in [9.17, 15) is 14.4 Å². The Bertz CT molecular complexity index is 1540. The van der Waals surface area contributed by atoms with Crippen LogP contribution in [-0.4, -0.2) is 139 Å². The number of hydrogen-bond acceptors (Lipinski definition) is 13. The summed E-state index contributed by atoms with van der Waals surface area (Å²) >= 11 is 8.53. The largest absolute Gasteiger partial charge is 0.412 e. The zero-order valence-corrected chi connectivity index (χ0v) is 33.4. The first-order valence-corrected chi connectivity index (χ1v) is 20.1. The fourth-order valence-corrected chi connectivity index (χ4v) is 6.37. The first-order chi connectivity index (χ1) is 25.3. The topological polar surface area (TPSA) is 257 Å². The molecule has 0 spiro atoms. The van der Waals surface area contributed by atoms with Crippen molar-refractivity contribution in [2.45, 2.75) is 55.2 Å². The molecule has 2 aromatic heterocycles. The third kappa shape index (κ3) is 19.1. The van der Waals surface area contributed by atoms with Gasteiger partial charge in [-0.1, -0.05) is 36.7 Å². The fraction of sp³-hybridized carbons (Fsp3) is 0.618. The number of hydrogen-bond donors (Lipinski definition) is 4. The number of amides is 2. The van der Waals surface area contributed by atoms with Crippen LogP contribution < -0.4 is 21.9 Å². The molecule has 3 rings (SSSR count). The lowest BCUT2D eigenvalue weighted by Gasteiger charge is -2.17. The van der Waals surface area contributed by atoms with Gasteiger partial charge in [-0.3, -0.25) is 23.9 Å². The number of aromatic nitrogens is 4. The van der Waals surface area contributed by atoms with E-state index in [0.717, 1.165) is 48.6 Å². The summed E-state index contributed by atoms with van der Waals surface area (Å²) in [7, 11) is 0. The monoisotopic (exact) mass is 821 g/mol. The third-order valence-electron chi connectivity index (χ3n) is 7.37. The van der Waals surface area contributed by atoms with E-state index in [0.29, 0.717) is 70.2 Å². The molecule has 0 saturated carbocycles. The maximum Gasteiger partial charge on any atom is 0.280 e. The Hall–Kier alpha value is -2.98. The van der Waals surface area contributed by atoms with Crippen LogP contribution in [0.2, 0.25) is 0 Å². The Labute approximate surface area is 329 Å². The molecule has 3 aromatic rings. The second-order valence-corrected chi connectivity index (χ2v) is 13.7. The number of alkyl halides is 1. The van der Waals surface area contributed by atoms with Crippen LogP contribution in [0.3, 0.4) is 0 Å². The smallest absolute Gasteiger partial charge is 0.280 e. The molecule has 0 radical (unpaired) electrons. The highest BCUT2D eigenvalue weighted by Gasteiger charge is 2.23. The van der Waals surface area contributed by atoms with E-state index in [-0.39, 0.29) is 53.1 Å². The molecule has 0 aliphatic rings. The predicted octanol–water partition coefficient (Wildman–Crippen LogP) is 1.42. The number of benzene rings is 1. The van der Waals surface area contributed by atoms with Crippen LogP contribution in [0.15, 0.2) is 39.1 Å². The molecule has 2 heterocycles. The lowest BCUT2D eigenvalue weighted by atomic mass is 10.2. The zero-order chi connectivity index (χ0) is 37.4. The number of H-pyrrole nitrogens is 1. The van der Waals surface area contributed by atoms with E-state index in [4.69, 9.17) is 41.0 Å². The van der Waals surface area contributed by atoms with Crippen molar-refractivity contribution in [3.8, 4) is 0 Å². The lowest BCUT2D eigenvalue weighted by Crippen LogP contribution is -2.48. The van der Waals surface area contributed by atoms with E-state index in [1.807, 2.05) is 30.5 Å². The molecule has 20 heteroatoms. The Kier molecular flexibility index (Phi) is 26.6. The number of halogens is 1. The van der Waals surface area contributed by atoms with Crippen molar-refractivity contribution < 1.29 is 44.2 Å². The molecule has 1 atom stereocenters. The summed E-state index contributed by atoms with van der Waals surface area (Å²) in [5.41, 5.74) is 6.81. The number of nitrogens with two attached hydrogens (primary N) is 1. The highest BCUT2D eigenvalue weighted by Crippen LogP contribution is 2.25. The maximum absolute atomic E-state index is 13.0. The molecular formula is C34H56ClN7O10S2. The van der Waals surface area contributed by atoms with Gasteiger partial charge in [-0.25, -0.2) is 4.98 Å². The molecule has 9 N–H and O–H groups in total. The van der Waals surface area contributed by atoms with Crippen LogP contribution in [0.4, 0.5) is 5.95 Å². The van der Waals surface area contributed by atoms with Crippen molar-refractivity contribution >= 4 is 64.1 Å². The Morgan fingerprint density at radius 3 is 2.02 bits per heavy atom. The second-order valence-electron chi connectivity index (χ2n) is 11.5. The Morgan fingerprint density at radius 2 is 1.44 bits per heavy atom. The number of nitrogen functional groups attached to an aromatic ring is 1. The fourth-order valence-electron chi connectivity index (χ4n) is 4.76. The summed E-state index contributed by atoms with van der Waals surface area (Å²) in [5, 5.41) is 5.96. The molecule has 54 heavy (non-hydrogen) atoms. The van der Waals surface area contributed by atoms with Gasteiger partial charge in [-0.15, -0.1) is 23.4 Å². The number of unbranched alkanes of at least 4 members (excludes halogenated alkanes) is 3. The van der Waals surface area contributed by atoms with Gasteiger partial charge >= 0.3 is 0 Å². The number of rotatable bonds is 29. The van der Waals surface area contributed by atoms with Crippen LogP contribution in [0.5, 0.6) is 0 Å². The maximum atomic E-state index is 13.0. The molecule has 0 aliphatic carbocycles. The minimum Gasteiger partial charge on any atom is -0.412 e. The van der Waals surface area contributed by atoms with Gasteiger partial charge in [0, 0.05) is 36.6 Å². The normalized spacial score (nSPS) is 11.5.